The molecular formula is C18H15N3O5. The topological polar surface area (TPSA) is 125 Å². The van der Waals surface area contributed by atoms with E-state index in [9.17, 15) is 14.4 Å². The number of para-hydroxylation sites is 1. The fourth-order valence-electron chi connectivity index (χ4n) is 2.31. The standard InChI is InChI=1S/C18H15N3O5/c1-10(17(23)21-13-5-3-2-4-12(13)16(19)22)26-18(24)11-6-7-15-14(8-11)20-9-25-15/h2-10H,1H3,(H2,19,22)(H,21,23). The summed E-state index contributed by atoms with van der Waals surface area (Å²) < 4.78 is 10.3. The van der Waals surface area contributed by atoms with Gasteiger partial charge in [-0.1, -0.05) is 12.1 Å². The first-order valence-corrected chi connectivity index (χ1v) is 7.69. The van der Waals surface area contributed by atoms with E-state index in [0.717, 1.165) is 0 Å². The Morgan fingerprint density at radius 1 is 1.19 bits per heavy atom. The summed E-state index contributed by atoms with van der Waals surface area (Å²) in [7, 11) is 0. The largest absolute Gasteiger partial charge is 0.449 e. The van der Waals surface area contributed by atoms with Gasteiger partial charge in [0.05, 0.1) is 16.8 Å². The first-order chi connectivity index (χ1) is 12.5. The molecule has 3 N–H and O–H groups in total. The van der Waals surface area contributed by atoms with Gasteiger partial charge >= 0.3 is 5.97 Å². The third-order valence-electron chi connectivity index (χ3n) is 3.67. The predicted octanol–water partition coefficient (Wildman–Crippen LogP) is 2.11. The van der Waals surface area contributed by atoms with Crippen LogP contribution in [0.4, 0.5) is 5.69 Å². The van der Waals surface area contributed by atoms with Crippen molar-refractivity contribution in [2.45, 2.75) is 13.0 Å². The van der Waals surface area contributed by atoms with E-state index in [4.69, 9.17) is 14.9 Å². The Hall–Kier alpha value is -3.68. The highest BCUT2D eigenvalue weighted by molar-refractivity contribution is 6.04. The molecule has 8 nitrogen and oxygen atoms in total. The first kappa shape index (κ1) is 17.2. The fraction of sp³-hybridized carbons (Fsp3) is 0.111. The molecule has 2 aromatic carbocycles. The summed E-state index contributed by atoms with van der Waals surface area (Å²) in [6.07, 6.45) is 0.183. The number of aromatic nitrogens is 1. The zero-order chi connectivity index (χ0) is 18.7. The molecule has 3 rings (SSSR count). The lowest BCUT2D eigenvalue weighted by Gasteiger charge is -2.14. The molecule has 0 aliphatic rings. The molecule has 0 saturated carbocycles. The van der Waals surface area contributed by atoms with Crippen molar-refractivity contribution in [1.82, 2.24) is 4.98 Å². The summed E-state index contributed by atoms with van der Waals surface area (Å²) in [6, 6.07) is 10.9. The fourth-order valence-corrected chi connectivity index (χ4v) is 2.31. The maximum Gasteiger partial charge on any atom is 0.338 e. The summed E-state index contributed by atoms with van der Waals surface area (Å²) in [4.78, 5) is 39.8. The van der Waals surface area contributed by atoms with Crippen LogP contribution in [0.2, 0.25) is 0 Å². The number of primary amides is 1. The zero-order valence-electron chi connectivity index (χ0n) is 13.8. The molecule has 0 aliphatic carbocycles. The van der Waals surface area contributed by atoms with Gasteiger partial charge < -0.3 is 20.2 Å². The molecule has 0 fully saturated rings. The number of nitrogens with one attached hydrogen (secondary N) is 1. The van der Waals surface area contributed by atoms with Gasteiger partial charge in [-0.05, 0) is 37.3 Å². The van der Waals surface area contributed by atoms with Gasteiger partial charge in [0.2, 0.25) is 0 Å². The van der Waals surface area contributed by atoms with Crippen molar-refractivity contribution in [2.24, 2.45) is 5.73 Å². The van der Waals surface area contributed by atoms with E-state index < -0.39 is 23.9 Å². The van der Waals surface area contributed by atoms with Crippen LogP contribution in [-0.4, -0.2) is 28.9 Å². The normalized spacial score (nSPS) is 11.7. The van der Waals surface area contributed by atoms with Crippen molar-refractivity contribution in [3.05, 3.63) is 60.0 Å². The number of anilines is 1. The van der Waals surface area contributed by atoms with Crippen LogP contribution in [0.25, 0.3) is 11.1 Å². The van der Waals surface area contributed by atoms with E-state index in [1.807, 2.05) is 0 Å². The zero-order valence-corrected chi connectivity index (χ0v) is 13.8. The Kier molecular flexibility index (Phi) is 4.66. The van der Waals surface area contributed by atoms with Crippen LogP contribution in [0.15, 0.2) is 53.3 Å². The second-order valence-corrected chi connectivity index (χ2v) is 5.48. The lowest BCUT2D eigenvalue weighted by Crippen LogP contribution is -2.30. The van der Waals surface area contributed by atoms with Crippen LogP contribution >= 0.6 is 0 Å². The van der Waals surface area contributed by atoms with Crippen molar-refractivity contribution in [2.75, 3.05) is 5.32 Å². The van der Waals surface area contributed by atoms with Gasteiger partial charge in [-0.2, -0.15) is 0 Å². The van der Waals surface area contributed by atoms with Crippen molar-refractivity contribution in [1.29, 1.82) is 0 Å². The molecule has 3 aromatic rings. The second kappa shape index (κ2) is 7.06. The lowest BCUT2D eigenvalue weighted by molar-refractivity contribution is -0.123. The molecule has 1 atom stereocenters. The number of nitrogens with zero attached hydrogens (tertiary/aromatic N) is 1. The highest BCUT2D eigenvalue weighted by Crippen LogP contribution is 2.17. The number of hydrogen-bond acceptors (Lipinski definition) is 6. The molecule has 8 heteroatoms. The van der Waals surface area contributed by atoms with Crippen LogP contribution in [-0.2, 0) is 9.53 Å². The monoisotopic (exact) mass is 353 g/mol. The van der Waals surface area contributed by atoms with Gasteiger partial charge in [0.1, 0.15) is 5.52 Å². The predicted molar refractivity (Wildman–Crippen MR) is 92.5 cm³/mol. The summed E-state index contributed by atoms with van der Waals surface area (Å²) in [5.74, 6) is -1.94. The van der Waals surface area contributed by atoms with Gasteiger partial charge in [0.25, 0.3) is 11.8 Å². The van der Waals surface area contributed by atoms with E-state index in [-0.39, 0.29) is 16.8 Å². The van der Waals surface area contributed by atoms with Crippen LogP contribution in [0.3, 0.4) is 0 Å². The van der Waals surface area contributed by atoms with Crippen molar-refractivity contribution in [3.63, 3.8) is 0 Å². The minimum atomic E-state index is -1.09. The highest BCUT2D eigenvalue weighted by Gasteiger charge is 2.21. The van der Waals surface area contributed by atoms with E-state index in [0.29, 0.717) is 11.1 Å². The van der Waals surface area contributed by atoms with Crippen LogP contribution in [0, 0.1) is 0 Å². The third kappa shape index (κ3) is 3.54. The van der Waals surface area contributed by atoms with Crippen molar-refractivity contribution in [3.8, 4) is 0 Å². The number of carbonyl (C=O) groups is 3. The van der Waals surface area contributed by atoms with Gasteiger partial charge in [0, 0.05) is 0 Å². The molecule has 132 valence electrons. The molecule has 1 aromatic heterocycles. The quantitative estimate of drug-likeness (QED) is 0.677. The molecule has 1 unspecified atom stereocenters. The Morgan fingerprint density at radius 2 is 1.96 bits per heavy atom. The molecule has 0 spiro atoms. The van der Waals surface area contributed by atoms with Crippen LogP contribution in [0.1, 0.15) is 27.6 Å². The average molecular weight is 353 g/mol. The van der Waals surface area contributed by atoms with E-state index in [1.165, 1.54) is 37.6 Å². The Balaban J connectivity index is 1.69. The summed E-state index contributed by atoms with van der Waals surface area (Å²) in [5.41, 5.74) is 6.96. The lowest BCUT2D eigenvalue weighted by atomic mass is 10.1. The Bertz CT molecular complexity index is 995. The minimum Gasteiger partial charge on any atom is -0.449 e. The van der Waals surface area contributed by atoms with Gasteiger partial charge in [-0.15, -0.1) is 0 Å². The number of esters is 1. The van der Waals surface area contributed by atoms with Gasteiger partial charge in [0.15, 0.2) is 18.1 Å². The Labute approximate surface area is 147 Å². The van der Waals surface area contributed by atoms with Crippen LogP contribution in [0.5, 0.6) is 0 Å². The summed E-state index contributed by atoms with van der Waals surface area (Å²) in [5, 5.41) is 2.53. The minimum absolute atomic E-state index is 0.163. The molecule has 26 heavy (non-hydrogen) atoms. The maximum atomic E-state index is 12.3. The molecule has 0 bridgehead atoms. The number of hydrogen-bond donors (Lipinski definition) is 2. The van der Waals surface area contributed by atoms with Crippen molar-refractivity contribution < 1.29 is 23.5 Å². The summed E-state index contributed by atoms with van der Waals surface area (Å²) >= 11 is 0. The molecule has 1 heterocycles. The Morgan fingerprint density at radius 3 is 2.73 bits per heavy atom. The van der Waals surface area contributed by atoms with E-state index >= 15 is 0 Å². The van der Waals surface area contributed by atoms with Gasteiger partial charge in [-0.3, -0.25) is 9.59 Å². The summed E-state index contributed by atoms with van der Waals surface area (Å²) in [6.45, 7) is 1.43. The average Bonchev–Trinajstić information content (AvgIpc) is 3.09. The molecule has 0 aliphatic heterocycles. The number of benzene rings is 2. The molecular weight excluding hydrogens is 338 g/mol. The van der Waals surface area contributed by atoms with E-state index in [2.05, 4.69) is 10.3 Å². The smallest absolute Gasteiger partial charge is 0.338 e. The van der Waals surface area contributed by atoms with Crippen LogP contribution < -0.4 is 11.1 Å². The number of nitrogens with two attached hydrogens (primary N) is 1. The SMILES string of the molecule is CC(OC(=O)c1ccc2ocnc2c1)C(=O)Nc1ccccc1C(N)=O. The first-order valence-electron chi connectivity index (χ1n) is 7.69. The number of ether oxygens (including phenoxy) is 1. The molecule has 0 saturated heterocycles. The number of rotatable bonds is 5. The highest BCUT2D eigenvalue weighted by atomic mass is 16.5. The number of oxazole rings is 1. The van der Waals surface area contributed by atoms with Crippen molar-refractivity contribution >= 4 is 34.6 Å². The molecule has 0 radical (unpaired) electrons. The van der Waals surface area contributed by atoms with E-state index in [1.54, 1.807) is 18.2 Å². The number of fused-ring (bicyclic) bond motifs is 1. The van der Waals surface area contributed by atoms with Gasteiger partial charge in [-0.25, -0.2) is 9.78 Å². The maximum absolute atomic E-state index is 12.3. The molecule has 2 amide bonds. The second-order valence-electron chi connectivity index (χ2n) is 5.48. The number of carbonyl (C=O) groups excluding carboxylic acids is 3. The number of amides is 2. The third-order valence-corrected chi connectivity index (χ3v) is 3.67.